The second kappa shape index (κ2) is 5.31. The summed E-state index contributed by atoms with van der Waals surface area (Å²) in [5, 5.41) is 8.62. The molecule has 1 fully saturated rings. The van der Waals surface area contributed by atoms with Crippen molar-refractivity contribution in [3.05, 3.63) is 64.9 Å². The first-order valence-corrected chi connectivity index (χ1v) is 8.68. The van der Waals surface area contributed by atoms with Crippen LogP contribution in [-0.4, -0.2) is 19.2 Å². The van der Waals surface area contributed by atoms with Gasteiger partial charge in [-0.15, -0.1) is 0 Å². The molecule has 0 unspecified atom stereocenters. The van der Waals surface area contributed by atoms with E-state index in [2.05, 4.69) is 0 Å². The third-order valence-corrected chi connectivity index (χ3v) is 6.57. The fourth-order valence-electron chi connectivity index (χ4n) is 2.86. The van der Waals surface area contributed by atoms with Crippen molar-refractivity contribution in [3.8, 4) is 6.07 Å². The van der Waals surface area contributed by atoms with Gasteiger partial charge in [-0.3, -0.25) is 0 Å². The topological polar surface area (TPSA) is 83.9 Å². The van der Waals surface area contributed by atoms with Crippen LogP contribution in [-0.2, 0) is 9.84 Å². The van der Waals surface area contributed by atoms with E-state index < -0.39 is 32.4 Å². The van der Waals surface area contributed by atoms with Gasteiger partial charge in [0, 0.05) is 10.9 Å². The highest BCUT2D eigenvalue weighted by molar-refractivity contribution is 7.92. The molecule has 4 nitrogen and oxygen atoms in total. The van der Waals surface area contributed by atoms with E-state index >= 15 is 0 Å². The van der Waals surface area contributed by atoms with Crippen molar-refractivity contribution >= 4 is 21.4 Å². The molecule has 0 bridgehead atoms. The van der Waals surface area contributed by atoms with Crippen LogP contribution in [0.2, 0.25) is 5.02 Å². The molecule has 1 aliphatic rings. The zero-order valence-corrected chi connectivity index (χ0v) is 13.4. The van der Waals surface area contributed by atoms with Gasteiger partial charge in [-0.05, 0) is 42.0 Å². The summed E-state index contributed by atoms with van der Waals surface area (Å²) in [4.78, 5) is 0.0379. The molecule has 1 aliphatic carbocycles. The smallest absolute Gasteiger partial charge is 0.184 e. The first kappa shape index (κ1) is 15.9. The summed E-state index contributed by atoms with van der Waals surface area (Å²) in [6.45, 7) is 0. The minimum Gasteiger partial charge on any atom is -0.312 e. The zero-order chi connectivity index (χ0) is 16.8. The number of hydrogen-bond acceptors (Lipinski definition) is 4. The van der Waals surface area contributed by atoms with Crippen LogP contribution in [0.5, 0.6) is 0 Å². The zero-order valence-electron chi connectivity index (χ0n) is 11.8. The Bertz CT molecular complexity index is 908. The molecule has 3 rings (SSSR count). The highest BCUT2D eigenvalue weighted by Gasteiger charge is 2.70. The number of nitriles is 1. The van der Waals surface area contributed by atoms with Crippen molar-refractivity contribution in [2.45, 2.75) is 21.6 Å². The van der Waals surface area contributed by atoms with Crippen molar-refractivity contribution in [1.82, 2.24) is 0 Å². The first-order valence-electron chi connectivity index (χ1n) is 6.76. The van der Waals surface area contributed by atoms with Crippen molar-refractivity contribution in [2.75, 3.05) is 0 Å². The molecular formula is C16H12ClFN2O2S. The Kier molecular flexibility index (Phi) is 3.68. The molecule has 0 heterocycles. The monoisotopic (exact) mass is 350 g/mol. The van der Waals surface area contributed by atoms with Gasteiger partial charge in [0.25, 0.3) is 0 Å². The summed E-state index contributed by atoms with van der Waals surface area (Å²) in [5.74, 6) is -1.28. The van der Waals surface area contributed by atoms with Crippen LogP contribution in [0.3, 0.4) is 0 Å². The molecule has 0 radical (unpaired) electrons. The number of nitrogens with zero attached hydrogens (tertiary/aromatic N) is 1. The third kappa shape index (κ3) is 2.51. The first-order chi connectivity index (χ1) is 10.8. The number of sulfone groups is 1. The summed E-state index contributed by atoms with van der Waals surface area (Å²) < 4.78 is 39.0. The molecule has 7 heteroatoms. The average molecular weight is 351 g/mol. The minimum absolute atomic E-state index is 0.0379. The molecule has 0 amide bonds. The molecule has 0 saturated heterocycles. The van der Waals surface area contributed by atoms with E-state index in [-0.39, 0.29) is 4.90 Å². The van der Waals surface area contributed by atoms with Gasteiger partial charge in [-0.1, -0.05) is 23.7 Å². The lowest BCUT2D eigenvalue weighted by molar-refractivity contribution is 0.591. The van der Waals surface area contributed by atoms with E-state index in [4.69, 9.17) is 17.3 Å². The molecular weight excluding hydrogens is 339 g/mol. The highest BCUT2D eigenvalue weighted by atomic mass is 35.5. The van der Waals surface area contributed by atoms with Crippen molar-refractivity contribution in [1.29, 1.82) is 5.26 Å². The Morgan fingerprint density at radius 2 is 1.87 bits per heavy atom. The molecule has 2 aromatic carbocycles. The lowest BCUT2D eigenvalue weighted by atomic mass is 10.1. The Labute approximate surface area is 138 Å². The third-order valence-electron chi connectivity index (χ3n) is 4.06. The largest absolute Gasteiger partial charge is 0.312 e. The maximum Gasteiger partial charge on any atom is 0.184 e. The van der Waals surface area contributed by atoms with Gasteiger partial charge in [0.15, 0.2) is 9.84 Å². The average Bonchev–Trinajstić information content (AvgIpc) is 3.15. The molecule has 0 spiro atoms. The van der Waals surface area contributed by atoms with Gasteiger partial charge in [-0.25, -0.2) is 12.8 Å². The van der Waals surface area contributed by atoms with E-state index in [0.717, 1.165) is 0 Å². The number of halogens is 2. The van der Waals surface area contributed by atoms with Crippen LogP contribution in [0.1, 0.15) is 11.5 Å². The van der Waals surface area contributed by atoms with Gasteiger partial charge in [0.1, 0.15) is 16.6 Å². The van der Waals surface area contributed by atoms with E-state index in [1.54, 1.807) is 6.07 Å². The van der Waals surface area contributed by atoms with Gasteiger partial charge >= 0.3 is 0 Å². The molecule has 0 aromatic heterocycles. The second-order valence-corrected chi connectivity index (χ2v) is 8.00. The predicted molar refractivity (Wildman–Crippen MR) is 84.1 cm³/mol. The van der Waals surface area contributed by atoms with Crippen LogP contribution < -0.4 is 5.73 Å². The maximum atomic E-state index is 13.4. The maximum absolute atomic E-state index is 13.4. The fraction of sp³-hybridized carbons (Fsp3) is 0.188. The van der Waals surface area contributed by atoms with Crippen LogP contribution in [0.4, 0.5) is 4.39 Å². The summed E-state index contributed by atoms with van der Waals surface area (Å²) in [6.07, 6.45) is 0. The van der Waals surface area contributed by atoms with Gasteiger partial charge in [0.2, 0.25) is 0 Å². The second-order valence-electron chi connectivity index (χ2n) is 5.50. The Morgan fingerprint density at radius 1 is 1.22 bits per heavy atom. The normalized spacial score (nSPS) is 26.5. The Balaban J connectivity index is 2.05. The lowest BCUT2D eigenvalue weighted by Gasteiger charge is -2.04. The van der Waals surface area contributed by atoms with Crippen molar-refractivity contribution in [3.63, 3.8) is 0 Å². The van der Waals surface area contributed by atoms with Crippen molar-refractivity contribution in [2.24, 2.45) is 5.73 Å². The summed E-state index contributed by atoms with van der Waals surface area (Å²) >= 11 is 5.77. The van der Waals surface area contributed by atoms with Gasteiger partial charge < -0.3 is 5.73 Å². The fourth-order valence-corrected chi connectivity index (χ4v) is 5.17. The molecule has 3 atom stereocenters. The number of rotatable bonds is 3. The number of benzene rings is 2. The molecule has 23 heavy (non-hydrogen) atoms. The van der Waals surface area contributed by atoms with E-state index in [1.807, 2.05) is 6.07 Å². The predicted octanol–water partition coefficient (Wildman–Crippen LogP) is 2.64. The Morgan fingerprint density at radius 3 is 2.43 bits per heavy atom. The van der Waals surface area contributed by atoms with E-state index in [1.165, 1.54) is 42.5 Å². The molecule has 2 aromatic rings. The quantitative estimate of drug-likeness (QED) is 0.922. The SMILES string of the molecule is N#C[C@@]1(N)[C@H](c2cccc(F)c2)[C@@H]1S(=O)(=O)c1ccc(Cl)cc1. The lowest BCUT2D eigenvalue weighted by Crippen LogP contribution is -2.29. The summed E-state index contributed by atoms with van der Waals surface area (Å²) in [6, 6.07) is 13.0. The molecule has 118 valence electrons. The number of hydrogen-bond donors (Lipinski definition) is 1. The standard InChI is InChI=1S/C16H12ClFN2O2S/c17-11-4-6-13(7-5-11)23(21,22)15-14(16(15,20)9-19)10-2-1-3-12(18)8-10/h1-8,14-15H,20H2/t14-,15+,16-/m1/s1. The van der Waals surface area contributed by atoms with Crippen molar-refractivity contribution < 1.29 is 12.8 Å². The summed E-state index contributed by atoms with van der Waals surface area (Å²) in [7, 11) is -3.84. The minimum atomic E-state index is -3.84. The Hall–Kier alpha value is -1.94. The number of nitrogens with two attached hydrogens (primary N) is 1. The van der Waals surface area contributed by atoms with E-state index in [9.17, 15) is 18.1 Å². The van der Waals surface area contributed by atoms with Crippen LogP contribution in [0, 0.1) is 17.1 Å². The molecule has 1 saturated carbocycles. The van der Waals surface area contributed by atoms with Gasteiger partial charge in [0.05, 0.1) is 11.0 Å². The van der Waals surface area contributed by atoms with Gasteiger partial charge in [-0.2, -0.15) is 5.26 Å². The highest BCUT2D eigenvalue weighted by Crippen LogP contribution is 2.55. The van der Waals surface area contributed by atoms with Crippen LogP contribution in [0.15, 0.2) is 53.4 Å². The molecule has 2 N–H and O–H groups in total. The summed E-state index contributed by atoms with van der Waals surface area (Å²) in [5.41, 5.74) is 4.80. The van der Waals surface area contributed by atoms with Crippen LogP contribution >= 0.6 is 11.6 Å². The molecule has 0 aliphatic heterocycles. The van der Waals surface area contributed by atoms with E-state index in [0.29, 0.717) is 10.6 Å². The van der Waals surface area contributed by atoms with Crippen LogP contribution in [0.25, 0.3) is 0 Å².